The van der Waals surface area contributed by atoms with E-state index < -0.39 is 0 Å². The summed E-state index contributed by atoms with van der Waals surface area (Å²) in [5.74, 6) is -0.0220. The van der Waals surface area contributed by atoms with Crippen molar-refractivity contribution >= 4 is 6.09 Å². The SMILES string of the molecule is N[C@@H]1CC[C@H]1COC(=O)N1CCc2ccccc2[C@@H]1c1ccc(F)cc1. The highest BCUT2D eigenvalue weighted by Crippen LogP contribution is 2.36. The highest BCUT2D eigenvalue weighted by atomic mass is 19.1. The maximum absolute atomic E-state index is 13.4. The van der Waals surface area contributed by atoms with E-state index in [9.17, 15) is 9.18 Å². The Kier molecular flexibility index (Phi) is 4.64. The molecule has 0 unspecified atom stereocenters. The van der Waals surface area contributed by atoms with E-state index in [0.29, 0.717) is 13.2 Å². The second-order valence-corrected chi connectivity index (χ2v) is 7.17. The van der Waals surface area contributed by atoms with Gasteiger partial charge in [-0.2, -0.15) is 0 Å². The lowest BCUT2D eigenvalue weighted by Crippen LogP contribution is -2.45. The Bertz CT molecular complexity index is 793. The minimum absolute atomic E-state index is 0.137. The molecule has 2 aliphatic rings. The fourth-order valence-corrected chi connectivity index (χ4v) is 3.83. The predicted octanol–water partition coefficient (Wildman–Crippen LogP) is 3.65. The zero-order valence-electron chi connectivity index (χ0n) is 14.6. The lowest BCUT2D eigenvalue weighted by Gasteiger charge is -2.38. The van der Waals surface area contributed by atoms with Gasteiger partial charge in [0.05, 0.1) is 12.6 Å². The van der Waals surface area contributed by atoms with Gasteiger partial charge in [0.2, 0.25) is 0 Å². The van der Waals surface area contributed by atoms with Gasteiger partial charge in [0.15, 0.2) is 0 Å². The number of ether oxygens (including phenoxy) is 1. The normalized spacial score (nSPS) is 24.5. The van der Waals surface area contributed by atoms with E-state index >= 15 is 0 Å². The zero-order valence-corrected chi connectivity index (χ0v) is 14.6. The number of halogens is 1. The van der Waals surface area contributed by atoms with Crippen LogP contribution in [0.4, 0.5) is 9.18 Å². The zero-order chi connectivity index (χ0) is 18.1. The molecule has 2 N–H and O–H groups in total. The van der Waals surface area contributed by atoms with E-state index in [0.717, 1.165) is 30.4 Å². The summed E-state index contributed by atoms with van der Waals surface area (Å²) in [7, 11) is 0. The quantitative estimate of drug-likeness (QED) is 0.915. The molecule has 1 saturated carbocycles. The van der Waals surface area contributed by atoms with Gasteiger partial charge in [-0.15, -0.1) is 0 Å². The first kappa shape index (κ1) is 17.0. The van der Waals surface area contributed by atoms with Crippen molar-refractivity contribution in [3.63, 3.8) is 0 Å². The molecule has 1 fully saturated rings. The highest BCUT2D eigenvalue weighted by molar-refractivity contribution is 5.70. The number of nitrogens with zero attached hydrogens (tertiary/aromatic N) is 1. The summed E-state index contributed by atoms with van der Waals surface area (Å²) >= 11 is 0. The van der Waals surface area contributed by atoms with Crippen molar-refractivity contribution in [2.75, 3.05) is 13.2 Å². The average molecular weight is 354 g/mol. The second-order valence-electron chi connectivity index (χ2n) is 7.17. The minimum atomic E-state index is -0.326. The van der Waals surface area contributed by atoms with Crippen molar-refractivity contribution < 1.29 is 13.9 Å². The summed E-state index contributed by atoms with van der Waals surface area (Å²) in [5, 5.41) is 0. The molecule has 2 aromatic rings. The molecule has 0 spiro atoms. The third-order valence-electron chi connectivity index (χ3n) is 5.60. The monoisotopic (exact) mass is 354 g/mol. The number of carbonyl (C=O) groups is 1. The Morgan fingerprint density at radius 2 is 1.92 bits per heavy atom. The van der Waals surface area contributed by atoms with Crippen LogP contribution in [0.25, 0.3) is 0 Å². The van der Waals surface area contributed by atoms with E-state index in [1.54, 1.807) is 17.0 Å². The van der Waals surface area contributed by atoms with Gasteiger partial charge in [-0.05, 0) is 48.1 Å². The predicted molar refractivity (Wildman–Crippen MR) is 97.1 cm³/mol. The fourth-order valence-electron chi connectivity index (χ4n) is 3.83. The van der Waals surface area contributed by atoms with E-state index in [-0.39, 0.29) is 29.9 Å². The van der Waals surface area contributed by atoms with Crippen LogP contribution >= 0.6 is 0 Å². The van der Waals surface area contributed by atoms with Gasteiger partial charge in [0.25, 0.3) is 0 Å². The summed E-state index contributed by atoms with van der Waals surface area (Å²) in [6.45, 7) is 0.947. The molecule has 5 heteroatoms. The first-order chi connectivity index (χ1) is 12.6. The minimum Gasteiger partial charge on any atom is -0.449 e. The summed E-state index contributed by atoms with van der Waals surface area (Å²) in [6.07, 6.45) is 2.47. The molecule has 1 aliphatic heterocycles. The Morgan fingerprint density at radius 1 is 1.15 bits per heavy atom. The van der Waals surface area contributed by atoms with Crippen molar-refractivity contribution in [1.29, 1.82) is 0 Å². The molecular formula is C21H23FN2O2. The van der Waals surface area contributed by atoms with Crippen molar-refractivity contribution in [1.82, 2.24) is 4.90 Å². The molecule has 0 radical (unpaired) electrons. The molecule has 1 amide bonds. The molecular weight excluding hydrogens is 331 g/mol. The first-order valence-corrected chi connectivity index (χ1v) is 9.15. The van der Waals surface area contributed by atoms with Crippen LogP contribution in [0.2, 0.25) is 0 Å². The fraction of sp³-hybridized carbons (Fsp3) is 0.381. The van der Waals surface area contributed by atoms with Crippen molar-refractivity contribution in [2.24, 2.45) is 11.7 Å². The number of amides is 1. The number of fused-ring (bicyclic) bond motifs is 1. The number of benzene rings is 2. The summed E-state index contributed by atoms with van der Waals surface area (Å²) in [6, 6.07) is 14.3. The maximum Gasteiger partial charge on any atom is 0.410 e. The van der Waals surface area contributed by atoms with E-state index in [1.165, 1.54) is 17.7 Å². The Morgan fingerprint density at radius 3 is 2.62 bits per heavy atom. The van der Waals surface area contributed by atoms with Gasteiger partial charge in [0, 0.05) is 18.5 Å². The summed E-state index contributed by atoms with van der Waals surface area (Å²) < 4.78 is 19.0. The molecule has 3 atom stereocenters. The van der Waals surface area contributed by atoms with Gasteiger partial charge in [0.1, 0.15) is 5.82 Å². The van der Waals surface area contributed by atoms with Crippen molar-refractivity contribution in [3.8, 4) is 0 Å². The van der Waals surface area contributed by atoms with Gasteiger partial charge in [-0.25, -0.2) is 9.18 Å². The van der Waals surface area contributed by atoms with Gasteiger partial charge >= 0.3 is 6.09 Å². The molecule has 1 heterocycles. The van der Waals surface area contributed by atoms with E-state index in [2.05, 4.69) is 6.07 Å². The number of nitrogens with two attached hydrogens (primary N) is 1. The highest BCUT2D eigenvalue weighted by Gasteiger charge is 2.34. The van der Waals surface area contributed by atoms with E-state index in [4.69, 9.17) is 10.5 Å². The lowest BCUT2D eigenvalue weighted by atomic mass is 9.81. The summed E-state index contributed by atoms with van der Waals surface area (Å²) in [4.78, 5) is 14.5. The van der Waals surface area contributed by atoms with Gasteiger partial charge in [-0.1, -0.05) is 36.4 Å². The van der Waals surface area contributed by atoms with Crippen LogP contribution in [-0.4, -0.2) is 30.2 Å². The van der Waals surface area contributed by atoms with Crippen LogP contribution in [0, 0.1) is 11.7 Å². The largest absolute Gasteiger partial charge is 0.449 e. The van der Waals surface area contributed by atoms with Crippen LogP contribution < -0.4 is 5.73 Å². The van der Waals surface area contributed by atoms with Crippen molar-refractivity contribution in [3.05, 3.63) is 71.0 Å². The average Bonchev–Trinajstić information content (AvgIpc) is 2.66. The Balaban J connectivity index is 1.60. The standard InChI is InChI=1S/C21H23FN2O2/c22-17-8-5-15(6-9-17)20-18-4-2-1-3-14(18)11-12-24(20)21(25)26-13-16-7-10-19(16)23/h1-6,8-9,16,19-20H,7,10-13,23H2/t16-,19+,20-/m0/s1. The topological polar surface area (TPSA) is 55.6 Å². The Labute approximate surface area is 152 Å². The molecule has 26 heavy (non-hydrogen) atoms. The molecule has 2 aromatic carbocycles. The lowest BCUT2D eigenvalue weighted by molar-refractivity contribution is 0.0557. The number of hydrogen-bond acceptors (Lipinski definition) is 3. The van der Waals surface area contributed by atoms with Gasteiger partial charge < -0.3 is 10.5 Å². The molecule has 0 saturated heterocycles. The maximum atomic E-state index is 13.4. The first-order valence-electron chi connectivity index (χ1n) is 9.15. The molecule has 4 rings (SSSR count). The number of rotatable bonds is 3. The second kappa shape index (κ2) is 7.08. The van der Waals surface area contributed by atoms with Crippen molar-refractivity contribution in [2.45, 2.75) is 31.3 Å². The molecule has 0 aromatic heterocycles. The number of carbonyl (C=O) groups excluding carboxylic acids is 1. The smallest absolute Gasteiger partial charge is 0.410 e. The number of hydrogen-bond donors (Lipinski definition) is 1. The third-order valence-corrected chi connectivity index (χ3v) is 5.60. The van der Waals surface area contributed by atoms with E-state index in [1.807, 2.05) is 18.2 Å². The molecule has 4 nitrogen and oxygen atoms in total. The third kappa shape index (κ3) is 3.19. The Hall–Kier alpha value is -2.40. The van der Waals surface area contributed by atoms with Crippen LogP contribution in [-0.2, 0) is 11.2 Å². The van der Waals surface area contributed by atoms with Crippen LogP contribution in [0.3, 0.4) is 0 Å². The molecule has 1 aliphatic carbocycles. The molecule has 136 valence electrons. The van der Waals surface area contributed by atoms with Gasteiger partial charge in [-0.3, -0.25) is 4.90 Å². The van der Waals surface area contributed by atoms with Crippen LogP contribution in [0.5, 0.6) is 0 Å². The molecule has 0 bridgehead atoms. The van der Waals surface area contributed by atoms with Crippen LogP contribution in [0.1, 0.15) is 35.6 Å². The van der Waals surface area contributed by atoms with Crippen LogP contribution in [0.15, 0.2) is 48.5 Å². The summed E-state index contributed by atoms with van der Waals surface area (Å²) in [5.41, 5.74) is 9.11.